The molecule has 0 bridgehead atoms. The highest BCUT2D eigenvalue weighted by molar-refractivity contribution is 5.29. The van der Waals surface area contributed by atoms with Crippen LogP contribution in [0.25, 0.3) is 0 Å². The average molecular weight is 483 g/mol. The molecule has 0 heterocycles. The number of unbranched alkanes of at least 4 members (excludes halogenated alkanes) is 8. The lowest BCUT2D eigenvalue weighted by molar-refractivity contribution is -0.140. The molecule has 2 aliphatic rings. The molecular weight excluding hydrogens is 436 g/mol. The molecule has 0 atom stereocenters. The molecule has 0 unspecified atom stereocenters. The van der Waals surface area contributed by atoms with Crippen LogP contribution in [-0.4, -0.2) is 0 Å². The molecule has 0 amide bonds. The fraction of sp³-hybridized carbons (Fsp3) is 0.800. The lowest BCUT2D eigenvalue weighted by Crippen LogP contribution is -2.25. The van der Waals surface area contributed by atoms with Crippen molar-refractivity contribution >= 4 is 0 Å². The number of halogens is 4. The van der Waals surface area contributed by atoms with E-state index in [9.17, 15) is 17.6 Å². The van der Waals surface area contributed by atoms with Crippen molar-refractivity contribution in [1.82, 2.24) is 0 Å². The van der Waals surface area contributed by atoms with E-state index in [0.29, 0.717) is 0 Å². The van der Waals surface area contributed by atoms with Crippen molar-refractivity contribution in [2.75, 3.05) is 0 Å². The van der Waals surface area contributed by atoms with E-state index in [1.807, 2.05) is 0 Å². The van der Waals surface area contributed by atoms with Crippen LogP contribution in [-0.2, 0) is 6.18 Å². The molecular formula is C30H46F4. The maximum absolute atomic E-state index is 14.0. The molecule has 2 aliphatic carbocycles. The summed E-state index contributed by atoms with van der Waals surface area (Å²) in [5, 5.41) is 0. The van der Waals surface area contributed by atoms with E-state index < -0.39 is 17.6 Å². The Morgan fingerprint density at radius 2 is 1.24 bits per heavy atom. The molecule has 0 N–H and O–H groups in total. The van der Waals surface area contributed by atoms with Gasteiger partial charge in [0.05, 0.1) is 5.56 Å². The number of benzene rings is 1. The Hall–Kier alpha value is -1.06. The maximum Gasteiger partial charge on any atom is 0.419 e. The van der Waals surface area contributed by atoms with Gasteiger partial charge < -0.3 is 0 Å². The van der Waals surface area contributed by atoms with Crippen molar-refractivity contribution in [3.8, 4) is 0 Å². The highest BCUT2D eigenvalue weighted by Gasteiger charge is 2.35. The third kappa shape index (κ3) is 8.55. The summed E-state index contributed by atoms with van der Waals surface area (Å²) in [4.78, 5) is 0. The molecule has 0 spiro atoms. The van der Waals surface area contributed by atoms with Crippen LogP contribution in [0, 0.1) is 23.6 Å². The second-order valence-corrected chi connectivity index (χ2v) is 11.2. The van der Waals surface area contributed by atoms with Gasteiger partial charge in [0.2, 0.25) is 0 Å². The standard InChI is InChI=1S/C30H46F4/c1-2-3-4-5-6-7-8-9-10-11-23-12-14-24(15-13-23)25-16-18-26(19-17-25)27-20-21-28(29(31)22-27)30(32,33)34/h20-26H,2-19H2,1H3. The van der Waals surface area contributed by atoms with E-state index in [1.165, 1.54) is 96.0 Å². The topological polar surface area (TPSA) is 0 Å². The molecule has 0 aromatic heterocycles. The monoisotopic (exact) mass is 482 g/mol. The second-order valence-electron chi connectivity index (χ2n) is 11.2. The molecule has 0 saturated heterocycles. The predicted octanol–water partition coefficient (Wildman–Crippen LogP) is 10.8. The quantitative estimate of drug-likeness (QED) is 0.205. The van der Waals surface area contributed by atoms with Crippen LogP contribution in [0.3, 0.4) is 0 Å². The number of hydrogen-bond acceptors (Lipinski definition) is 0. The molecule has 34 heavy (non-hydrogen) atoms. The summed E-state index contributed by atoms with van der Waals surface area (Å²) in [7, 11) is 0. The molecule has 1 aromatic carbocycles. The van der Waals surface area contributed by atoms with Gasteiger partial charge in [-0.1, -0.05) is 90.0 Å². The smallest absolute Gasteiger partial charge is 0.206 e. The van der Waals surface area contributed by atoms with Gasteiger partial charge >= 0.3 is 6.18 Å². The molecule has 3 rings (SSSR count). The zero-order chi connectivity index (χ0) is 24.4. The minimum Gasteiger partial charge on any atom is -0.206 e. The largest absolute Gasteiger partial charge is 0.419 e. The van der Waals surface area contributed by atoms with E-state index in [4.69, 9.17) is 0 Å². The van der Waals surface area contributed by atoms with E-state index in [0.717, 1.165) is 61.1 Å². The minimum absolute atomic E-state index is 0.205. The normalized spacial score (nSPS) is 26.0. The predicted molar refractivity (Wildman–Crippen MR) is 133 cm³/mol. The van der Waals surface area contributed by atoms with Gasteiger partial charge in [-0.25, -0.2) is 4.39 Å². The van der Waals surface area contributed by atoms with Crippen molar-refractivity contribution in [2.24, 2.45) is 17.8 Å². The Labute approximate surface area is 205 Å². The van der Waals surface area contributed by atoms with Crippen molar-refractivity contribution in [2.45, 2.75) is 135 Å². The van der Waals surface area contributed by atoms with Crippen LogP contribution in [0.5, 0.6) is 0 Å². The third-order valence-electron chi connectivity index (χ3n) is 8.82. The highest BCUT2D eigenvalue weighted by Crippen LogP contribution is 2.45. The summed E-state index contributed by atoms with van der Waals surface area (Å²) in [5.74, 6) is 1.58. The van der Waals surface area contributed by atoms with Crippen LogP contribution < -0.4 is 0 Å². The Kier molecular flexibility index (Phi) is 11.2. The Morgan fingerprint density at radius 3 is 1.76 bits per heavy atom. The van der Waals surface area contributed by atoms with Crippen LogP contribution in [0.1, 0.15) is 140 Å². The molecule has 194 valence electrons. The molecule has 4 heteroatoms. The summed E-state index contributed by atoms with van der Waals surface area (Å²) in [6.07, 6.45) is 19.1. The molecule has 0 aliphatic heterocycles. The van der Waals surface area contributed by atoms with Gasteiger partial charge in [-0.3, -0.25) is 0 Å². The van der Waals surface area contributed by atoms with Gasteiger partial charge in [0.25, 0.3) is 0 Å². The Bertz CT molecular complexity index is 694. The van der Waals surface area contributed by atoms with Crippen LogP contribution >= 0.6 is 0 Å². The third-order valence-corrected chi connectivity index (χ3v) is 8.82. The summed E-state index contributed by atoms with van der Waals surface area (Å²) in [6, 6.07) is 3.55. The molecule has 0 radical (unpaired) electrons. The van der Waals surface area contributed by atoms with Crippen molar-refractivity contribution in [3.63, 3.8) is 0 Å². The van der Waals surface area contributed by atoms with Gasteiger partial charge in [-0.2, -0.15) is 13.2 Å². The first-order valence-electron chi connectivity index (χ1n) is 14.2. The molecule has 0 nitrogen and oxygen atoms in total. The minimum atomic E-state index is -4.62. The summed E-state index contributed by atoms with van der Waals surface area (Å²) in [6.45, 7) is 2.27. The zero-order valence-electron chi connectivity index (χ0n) is 21.3. The van der Waals surface area contributed by atoms with E-state index >= 15 is 0 Å². The van der Waals surface area contributed by atoms with Crippen LogP contribution in [0.2, 0.25) is 0 Å². The van der Waals surface area contributed by atoms with E-state index in [2.05, 4.69) is 6.92 Å². The van der Waals surface area contributed by atoms with Crippen molar-refractivity contribution in [1.29, 1.82) is 0 Å². The SMILES string of the molecule is CCCCCCCCCCCC1CCC(C2CCC(c3ccc(C(F)(F)F)c(F)c3)CC2)CC1. The summed E-state index contributed by atoms with van der Waals surface area (Å²) < 4.78 is 52.5. The van der Waals surface area contributed by atoms with Crippen molar-refractivity contribution < 1.29 is 17.6 Å². The number of hydrogen-bond donors (Lipinski definition) is 0. The van der Waals surface area contributed by atoms with Gasteiger partial charge in [0.15, 0.2) is 0 Å². The van der Waals surface area contributed by atoms with E-state index in [-0.39, 0.29) is 5.92 Å². The van der Waals surface area contributed by atoms with Gasteiger partial charge in [-0.05, 0) is 79.9 Å². The fourth-order valence-electron chi connectivity index (χ4n) is 6.63. The Morgan fingerprint density at radius 1 is 0.706 bits per heavy atom. The first kappa shape index (κ1) is 27.5. The summed E-state index contributed by atoms with van der Waals surface area (Å²) in [5.41, 5.74) is -0.405. The molecule has 2 saturated carbocycles. The highest BCUT2D eigenvalue weighted by atomic mass is 19.4. The number of rotatable bonds is 12. The van der Waals surface area contributed by atoms with Crippen LogP contribution in [0.4, 0.5) is 17.6 Å². The van der Waals surface area contributed by atoms with Gasteiger partial charge in [-0.15, -0.1) is 0 Å². The first-order chi connectivity index (χ1) is 16.4. The molecule has 2 fully saturated rings. The lowest BCUT2D eigenvalue weighted by Gasteiger charge is -2.38. The average Bonchev–Trinajstić information content (AvgIpc) is 2.83. The number of alkyl halides is 3. The van der Waals surface area contributed by atoms with E-state index in [1.54, 1.807) is 0 Å². The second kappa shape index (κ2) is 13.9. The van der Waals surface area contributed by atoms with Crippen LogP contribution in [0.15, 0.2) is 18.2 Å². The zero-order valence-corrected chi connectivity index (χ0v) is 21.3. The van der Waals surface area contributed by atoms with Gasteiger partial charge in [0, 0.05) is 0 Å². The summed E-state index contributed by atoms with van der Waals surface area (Å²) >= 11 is 0. The Balaban J connectivity index is 1.29. The first-order valence-corrected chi connectivity index (χ1v) is 14.2. The molecule has 1 aromatic rings. The van der Waals surface area contributed by atoms with Crippen molar-refractivity contribution in [3.05, 3.63) is 35.1 Å². The maximum atomic E-state index is 14.0. The fourth-order valence-corrected chi connectivity index (χ4v) is 6.63. The lowest BCUT2D eigenvalue weighted by atomic mass is 9.68. The van der Waals surface area contributed by atoms with Gasteiger partial charge in [0.1, 0.15) is 5.82 Å².